The second kappa shape index (κ2) is 4.70. The van der Waals surface area contributed by atoms with E-state index in [1.54, 1.807) is 19.1 Å². The predicted octanol–water partition coefficient (Wildman–Crippen LogP) is 1.03. The second-order valence-corrected chi connectivity index (χ2v) is 6.84. The van der Waals surface area contributed by atoms with Crippen molar-refractivity contribution < 1.29 is 17.9 Å². The van der Waals surface area contributed by atoms with Gasteiger partial charge in [0, 0.05) is 6.20 Å². The SMILES string of the molecule is CCOC(=O)c1c[nH]c2ccc3c(c2c1=O)S(=O)(=O)CC3. The van der Waals surface area contributed by atoms with Crippen molar-refractivity contribution in [1.29, 1.82) is 0 Å². The van der Waals surface area contributed by atoms with Crippen LogP contribution in [0, 0.1) is 0 Å². The Morgan fingerprint density at radius 2 is 2.14 bits per heavy atom. The van der Waals surface area contributed by atoms with Crippen LogP contribution in [0.25, 0.3) is 10.9 Å². The van der Waals surface area contributed by atoms with Gasteiger partial charge in [-0.15, -0.1) is 0 Å². The molecule has 0 fully saturated rings. The highest BCUT2D eigenvalue weighted by Crippen LogP contribution is 2.30. The molecule has 21 heavy (non-hydrogen) atoms. The van der Waals surface area contributed by atoms with E-state index < -0.39 is 21.2 Å². The van der Waals surface area contributed by atoms with E-state index in [0.717, 1.165) is 0 Å². The van der Waals surface area contributed by atoms with E-state index in [1.807, 2.05) is 0 Å². The quantitative estimate of drug-likeness (QED) is 0.837. The number of aryl methyl sites for hydroxylation is 1. The summed E-state index contributed by atoms with van der Waals surface area (Å²) in [6.07, 6.45) is 1.65. The number of benzene rings is 1. The number of carbonyl (C=O) groups excluding carboxylic acids is 1. The molecule has 1 aliphatic heterocycles. The number of esters is 1. The minimum atomic E-state index is -3.48. The molecular weight excluding hydrogens is 294 g/mol. The molecule has 110 valence electrons. The van der Waals surface area contributed by atoms with E-state index in [-0.39, 0.29) is 28.2 Å². The van der Waals surface area contributed by atoms with Crippen molar-refractivity contribution in [2.75, 3.05) is 12.4 Å². The van der Waals surface area contributed by atoms with Gasteiger partial charge in [0.15, 0.2) is 9.84 Å². The lowest BCUT2D eigenvalue weighted by Gasteiger charge is -2.07. The van der Waals surface area contributed by atoms with Crippen LogP contribution < -0.4 is 5.43 Å². The van der Waals surface area contributed by atoms with Gasteiger partial charge in [-0.1, -0.05) is 6.07 Å². The molecule has 0 saturated carbocycles. The Bertz CT molecular complexity index is 911. The molecule has 0 radical (unpaired) electrons. The number of sulfone groups is 1. The summed E-state index contributed by atoms with van der Waals surface area (Å²) in [5.74, 6) is -0.765. The molecule has 1 aromatic heterocycles. The zero-order valence-electron chi connectivity index (χ0n) is 11.3. The molecule has 1 aromatic carbocycles. The van der Waals surface area contributed by atoms with E-state index in [9.17, 15) is 18.0 Å². The Labute approximate surface area is 120 Å². The summed E-state index contributed by atoms with van der Waals surface area (Å²) in [7, 11) is -3.48. The van der Waals surface area contributed by atoms with Crippen LogP contribution in [0.1, 0.15) is 22.8 Å². The van der Waals surface area contributed by atoms with E-state index in [4.69, 9.17) is 4.74 Å². The molecule has 0 amide bonds. The molecule has 0 spiro atoms. The van der Waals surface area contributed by atoms with Gasteiger partial charge >= 0.3 is 5.97 Å². The zero-order chi connectivity index (χ0) is 15.2. The predicted molar refractivity (Wildman–Crippen MR) is 76.3 cm³/mol. The third-order valence-electron chi connectivity index (χ3n) is 3.53. The van der Waals surface area contributed by atoms with Gasteiger partial charge in [-0.05, 0) is 25.0 Å². The summed E-state index contributed by atoms with van der Waals surface area (Å²) in [4.78, 5) is 27.1. The normalized spacial score (nSPS) is 15.9. The molecule has 0 aliphatic carbocycles. The largest absolute Gasteiger partial charge is 0.462 e. The van der Waals surface area contributed by atoms with Gasteiger partial charge in [0.25, 0.3) is 0 Å². The highest BCUT2D eigenvalue weighted by molar-refractivity contribution is 7.92. The Balaban J connectivity index is 2.39. The third kappa shape index (κ3) is 2.04. The molecule has 2 heterocycles. The summed E-state index contributed by atoms with van der Waals surface area (Å²) in [5, 5.41) is 0.0514. The topological polar surface area (TPSA) is 93.3 Å². The summed E-state index contributed by atoms with van der Waals surface area (Å²) in [6, 6.07) is 3.35. The number of aromatic amines is 1. The van der Waals surface area contributed by atoms with Gasteiger partial charge in [0.1, 0.15) is 5.56 Å². The lowest BCUT2D eigenvalue weighted by atomic mass is 10.1. The smallest absolute Gasteiger partial charge is 0.343 e. The molecule has 0 saturated heterocycles. The number of rotatable bonds is 2. The first-order chi connectivity index (χ1) is 9.95. The van der Waals surface area contributed by atoms with Crippen LogP contribution in [0.15, 0.2) is 28.0 Å². The van der Waals surface area contributed by atoms with Crippen molar-refractivity contribution in [3.8, 4) is 0 Å². The Morgan fingerprint density at radius 1 is 1.38 bits per heavy atom. The minimum Gasteiger partial charge on any atom is -0.462 e. The molecule has 6 nitrogen and oxygen atoms in total. The van der Waals surface area contributed by atoms with Crippen LogP contribution in [0.2, 0.25) is 0 Å². The Hall–Kier alpha value is -2.15. The second-order valence-electron chi connectivity index (χ2n) is 4.80. The molecule has 2 aromatic rings. The standard InChI is InChI=1S/C14H13NO5S/c1-2-20-14(17)9-7-15-10-4-3-8-5-6-21(18,19)13(8)11(10)12(9)16/h3-4,7H,2,5-6H2,1H3,(H,15,16). The first kappa shape index (κ1) is 13.8. The fourth-order valence-corrected chi connectivity index (χ4v) is 4.36. The zero-order valence-corrected chi connectivity index (χ0v) is 12.1. The Kier molecular flexibility index (Phi) is 3.09. The van der Waals surface area contributed by atoms with Crippen molar-refractivity contribution in [2.24, 2.45) is 0 Å². The van der Waals surface area contributed by atoms with Gasteiger partial charge in [-0.3, -0.25) is 4.79 Å². The number of fused-ring (bicyclic) bond motifs is 3. The lowest BCUT2D eigenvalue weighted by molar-refractivity contribution is 0.0524. The van der Waals surface area contributed by atoms with Gasteiger partial charge in [0.05, 0.1) is 28.2 Å². The number of H-pyrrole nitrogens is 1. The average molecular weight is 307 g/mol. The van der Waals surface area contributed by atoms with Crippen LogP contribution in [0.3, 0.4) is 0 Å². The van der Waals surface area contributed by atoms with Crippen molar-refractivity contribution in [1.82, 2.24) is 4.98 Å². The van der Waals surface area contributed by atoms with Crippen molar-refractivity contribution >= 4 is 26.7 Å². The molecule has 7 heteroatoms. The van der Waals surface area contributed by atoms with Crippen molar-refractivity contribution in [3.05, 3.63) is 39.7 Å². The average Bonchev–Trinajstić information content (AvgIpc) is 2.75. The molecule has 1 aliphatic rings. The number of nitrogens with one attached hydrogen (secondary N) is 1. The first-order valence-corrected chi connectivity index (χ1v) is 8.18. The monoisotopic (exact) mass is 307 g/mol. The summed E-state index contributed by atoms with van der Waals surface area (Å²) < 4.78 is 29.1. The van der Waals surface area contributed by atoms with Crippen LogP contribution in [0.5, 0.6) is 0 Å². The fraction of sp³-hybridized carbons (Fsp3) is 0.286. The third-order valence-corrected chi connectivity index (χ3v) is 5.36. The van der Waals surface area contributed by atoms with Crippen molar-refractivity contribution in [2.45, 2.75) is 18.2 Å². The van der Waals surface area contributed by atoms with Gasteiger partial charge < -0.3 is 9.72 Å². The van der Waals surface area contributed by atoms with Crippen LogP contribution in [0.4, 0.5) is 0 Å². The van der Waals surface area contributed by atoms with Gasteiger partial charge in [0.2, 0.25) is 5.43 Å². The first-order valence-electron chi connectivity index (χ1n) is 6.53. The maximum absolute atomic E-state index is 12.5. The molecule has 1 N–H and O–H groups in total. The van der Waals surface area contributed by atoms with Gasteiger partial charge in [-0.25, -0.2) is 13.2 Å². The number of carbonyl (C=O) groups is 1. The van der Waals surface area contributed by atoms with Crippen molar-refractivity contribution in [3.63, 3.8) is 0 Å². The molecule has 3 rings (SSSR count). The number of hydrogen-bond acceptors (Lipinski definition) is 5. The summed E-state index contributed by atoms with van der Waals surface area (Å²) in [6.45, 7) is 1.77. The highest BCUT2D eigenvalue weighted by atomic mass is 32.2. The molecule has 0 bridgehead atoms. The minimum absolute atomic E-state index is 0.00940. The van der Waals surface area contributed by atoms with Crippen LogP contribution in [-0.2, 0) is 21.0 Å². The highest BCUT2D eigenvalue weighted by Gasteiger charge is 2.30. The molecule has 0 unspecified atom stereocenters. The van der Waals surface area contributed by atoms with E-state index in [1.165, 1.54) is 6.20 Å². The number of ether oxygens (including phenoxy) is 1. The fourth-order valence-electron chi connectivity index (χ4n) is 2.58. The van der Waals surface area contributed by atoms with E-state index in [2.05, 4.69) is 4.98 Å². The summed E-state index contributed by atoms with van der Waals surface area (Å²) in [5.41, 5.74) is 0.232. The molecular formula is C14H13NO5S. The number of hydrogen-bond donors (Lipinski definition) is 1. The Morgan fingerprint density at radius 3 is 2.86 bits per heavy atom. The maximum atomic E-state index is 12.5. The van der Waals surface area contributed by atoms with E-state index in [0.29, 0.717) is 17.5 Å². The van der Waals surface area contributed by atoms with Crippen LogP contribution in [-0.4, -0.2) is 31.7 Å². The lowest BCUT2D eigenvalue weighted by Crippen LogP contribution is -2.19. The van der Waals surface area contributed by atoms with E-state index >= 15 is 0 Å². The summed E-state index contributed by atoms with van der Waals surface area (Å²) >= 11 is 0. The number of aromatic nitrogens is 1. The van der Waals surface area contributed by atoms with Crippen LogP contribution >= 0.6 is 0 Å². The maximum Gasteiger partial charge on any atom is 0.343 e. The number of pyridine rings is 1. The van der Waals surface area contributed by atoms with Gasteiger partial charge in [-0.2, -0.15) is 0 Å². The molecule has 0 atom stereocenters.